The van der Waals surface area contributed by atoms with Gasteiger partial charge in [0.05, 0.1) is 5.82 Å². The average Bonchev–Trinajstić information content (AvgIpc) is 2.18. The van der Waals surface area contributed by atoms with E-state index in [0.717, 1.165) is 12.1 Å². The molecule has 0 unspecified atom stereocenters. The van der Waals surface area contributed by atoms with Crippen LogP contribution in [0.15, 0.2) is 12.1 Å². The van der Waals surface area contributed by atoms with Gasteiger partial charge in [-0.1, -0.05) is 0 Å². The Morgan fingerprint density at radius 3 is 0.800 bits per heavy atom. The summed E-state index contributed by atoms with van der Waals surface area (Å²) >= 11 is 0. The van der Waals surface area contributed by atoms with Crippen molar-refractivity contribution in [2.75, 3.05) is 0 Å². The van der Waals surface area contributed by atoms with E-state index in [-0.39, 0.29) is 51.4 Å². The van der Waals surface area contributed by atoms with E-state index < -0.39 is 39.2 Å². The van der Waals surface area contributed by atoms with Gasteiger partial charge in [-0.2, -0.15) is 6.07 Å². The predicted molar refractivity (Wildman–Crippen MR) is 55.7 cm³/mol. The van der Waals surface area contributed by atoms with E-state index >= 15 is 0 Å². The second-order valence-corrected chi connectivity index (χ2v) is 2.95. The molecule has 19 heteroatoms. The van der Waals surface area contributed by atoms with E-state index in [4.69, 9.17) is 0 Å². The van der Waals surface area contributed by atoms with Gasteiger partial charge >= 0.3 is 73.1 Å². The zero-order chi connectivity index (χ0) is 20.4. The quantitative estimate of drug-likeness (QED) is 0.257. The van der Waals surface area contributed by atoms with E-state index in [0.29, 0.717) is 0 Å². The Morgan fingerprint density at radius 2 is 0.680 bits per heavy atom. The maximum atomic E-state index is 12.0. The zero-order valence-corrected chi connectivity index (χ0v) is 14.7. The van der Waals surface area contributed by atoms with Crippen LogP contribution in [0, 0.1) is 23.5 Å². The third kappa shape index (κ3) is 59.3. The normalized spacial score (nSPS) is 10.7. The maximum Gasteiger partial charge on any atom is 1.00 e. The molecule has 1 rings (SSSR count). The Kier molecular flexibility index (Phi) is 18.4. The van der Waals surface area contributed by atoms with Crippen LogP contribution in [0.3, 0.4) is 0 Å². The fourth-order valence-corrected chi connectivity index (χ4v) is 0.429. The van der Waals surface area contributed by atoms with Crippen molar-refractivity contribution in [2.24, 2.45) is 0 Å². The molecule has 0 aromatic heterocycles. The molecule has 0 saturated carbocycles. The molecule has 0 radical (unpaired) electrons. The number of rotatable bonds is 0. The largest absolute Gasteiger partial charge is 1.00 e. The Labute approximate surface area is 172 Å². The summed E-state index contributed by atoms with van der Waals surface area (Å²) < 4.78 is 153. The molecule has 1 aromatic carbocycles. The van der Waals surface area contributed by atoms with Crippen molar-refractivity contribution >= 4 is 21.8 Å². The molecular weight excluding hydrogens is 429 g/mol. The Morgan fingerprint density at radius 1 is 0.520 bits per heavy atom. The number of hydrogen-bond donors (Lipinski definition) is 0. The number of hydrogen-bond acceptors (Lipinski definition) is 0. The van der Waals surface area contributed by atoms with Crippen molar-refractivity contribution in [3.8, 4) is 0 Å². The van der Waals surface area contributed by atoms with E-state index in [9.17, 15) is 65.0 Å². The maximum absolute atomic E-state index is 12.0. The van der Waals surface area contributed by atoms with Crippen molar-refractivity contribution < 1.29 is 116 Å². The molecule has 0 bridgehead atoms. The SMILES string of the molecule is F[B-](F)(F)F.F[B-](F)(F)F.F[B-](F)(F)F.Fc1c[c-]cc(F)c1F.[K+]. The Bertz CT molecular complexity index is 387. The van der Waals surface area contributed by atoms with Crippen molar-refractivity contribution in [2.45, 2.75) is 0 Å². The van der Waals surface area contributed by atoms with Crippen LogP contribution in [0.5, 0.6) is 0 Å². The van der Waals surface area contributed by atoms with E-state index in [1.165, 1.54) is 0 Å². The molecule has 0 atom stereocenters. The first-order valence-corrected chi connectivity index (χ1v) is 4.84. The van der Waals surface area contributed by atoms with Gasteiger partial charge in [0.15, 0.2) is 0 Å². The molecular formula is C6H2B3F15K-3. The van der Waals surface area contributed by atoms with Crippen LogP contribution >= 0.6 is 0 Å². The van der Waals surface area contributed by atoms with Gasteiger partial charge in [-0.05, 0) is 0 Å². The molecule has 0 aliphatic heterocycles. The van der Waals surface area contributed by atoms with Crippen molar-refractivity contribution in [1.82, 2.24) is 0 Å². The summed E-state index contributed by atoms with van der Waals surface area (Å²) in [5.41, 5.74) is 0. The van der Waals surface area contributed by atoms with Crippen LogP contribution in [0.2, 0.25) is 0 Å². The summed E-state index contributed by atoms with van der Waals surface area (Å²) in [6.07, 6.45) is 0. The molecule has 0 fully saturated rings. The van der Waals surface area contributed by atoms with Gasteiger partial charge in [-0.25, -0.2) is 4.39 Å². The predicted octanol–water partition coefficient (Wildman–Crippen LogP) is 2.81. The minimum absolute atomic E-state index is 0. The van der Waals surface area contributed by atoms with E-state index in [2.05, 4.69) is 6.07 Å². The topological polar surface area (TPSA) is 0 Å². The Hall–Kier alpha value is 0.00117. The van der Waals surface area contributed by atoms with Gasteiger partial charge in [0.1, 0.15) is 0 Å². The van der Waals surface area contributed by atoms with Crippen molar-refractivity contribution in [3.05, 3.63) is 35.7 Å². The van der Waals surface area contributed by atoms with Crippen LogP contribution in [0.25, 0.3) is 0 Å². The first-order valence-electron chi connectivity index (χ1n) is 4.84. The molecule has 144 valence electrons. The fourth-order valence-electron chi connectivity index (χ4n) is 0.429. The fraction of sp³-hybridized carbons (Fsp3) is 0. The molecule has 25 heavy (non-hydrogen) atoms. The Balaban J connectivity index is -0.000000122. The van der Waals surface area contributed by atoms with Crippen LogP contribution in [0.1, 0.15) is 0 Å². The summed E-state index contributed by atoms with van der Waals surface area (Å²) in [5.74, 6) is -3.88. The summed E-state index contributed by atoms with van der Waals surface area (Å²) in [7, 11) is -18.0. The molecule has 0 heterocycles. The standard InChI is InChI=1S/C6H2F3.3BF4.K/c7-4-2-1-3-5(8)6(4)9;3*2-1(3,4)5;/h2-3H;;;;/q4*-1;+1. The molecule has 0 aliphatic rings. The molecule has 0 aliphatic carbocycles. The van der Waals surface area contributed by atoms with Gasteiger partial charge in [-0.15, -0.1) is 12.1 Å². The van der Waals surface area contributed by atoms with Crippen LogP contribution in [0.4, 0.5) is 65.0 Å². The smallest absolute Gasteiger partial charge is 0.418 e. The molecule has 0 N–H and O–H groups in total. The van der Waals surface area contributed by atoms with Gasteiger partial charge in [0, 0.05) is 11.6 Å². The van der Waals surface area contributed by atoms with E-state index in [1.54, 1.807) is 0 Å². The third-order valence-corrected chi connectivity index (χ3v) is 0.839. The summed E-state index contributed by atoms with van der Waals surface area (Å²) in [4.78, 5) is 0. The molecule has 0 saturated heterocycles. The van der Waals surface area contributed by atoms with Crippen LogP contribution < -0.4 is 51.4 Å². The van der Waals surface area contributed by atoms with Crippen LogP contribution in [-0.2, 0) is 0 Å². The molecule has 0 spiro atoms. The van der Waals surface area contributed by atoms with Gasteiger partial charge in [0.25, 0.3) is 0 Å². The first kappa shape index (κ1) is 32.7. The summed E-state index contributed by atoms with van der Waals surface area (Å²) in [6.45, 7) is 0. The second-order valence-electron chi connectivity index (χ2n) is 2.95. The van der Waals surface area contributed by atoms with Crippen molar-refractivity contribution in [3.63, 3.8) is 0 Å². The minimum Gasteiger partial charge on any atom is -0.418 e. The van der Waals surface area contributed by atoms with Crippen LogP contribution in [-0.4, -0.2) is 21.8 Å². The summed E-state index contributed by atoms with van der Waals surface area (Å²) in [6, 6.07) is 3.55. The first-order chi connectivity index (χ1) is 10.2. The van der Waals surface area contributed by atoms with Gasteiger partial charge < -0.3 is 51.8 Å². The minimum atomic E-state index is -6.00. The number of benzene rings is 1. The van der Waals surface area contributed by atoms with Gasteiger partial charge in [0.2, 0.25) is 0 Å². The van der Waals surface area contributed by atoms with Gasteiger partial charge in [-0.3, -0.25) is 8.78 Å². The molecule has 0 amide bonds. The average molecular weight is 431 g/mol. The van der Waals surface area contributed by atoms with E-state index in [1.807, 2.05) is 0 Å². The molecule has 1 aromatic rings. The summed E-state index contributed by atoms with van der Waals surface area (Å²) in [5, 5.41) is 0. The monoisotopic (exact) mass is 431 g/mol. The molecule has 0 nitrogen and oxygen atoms in total. The third-order valence-electron chi connectivity index (χ3n) is 0.839. The van der Waals surface area contributed by atoms with Crippen molar-refractivity contribution in [1.29, 1.82) is 0 Å². The second kappa shape index (κ2) is 14.1. The zero-order valence-electron chi connectivity index (χ0n) is 11.6. The number of halogens is 15.